The van der Waals surface area contributed by atoms with E-state index in [4.69, 9.17) is 14.2 Å². The molecular weight excluding hydrogens is 907 g/mol. The summed E-state index contributed by atoms with van der Waals surface area (Å²) in [5, 5.41) is 54.3. The van der Waals surface area contributed by atoms with Gasteiger partial charge in [0.1, 0.15) is 24.4 Å². The van der Waals surface area contributed by atoms with E-state index in [0.717, 1.165) is 89.9 Å². The molecule has 0 radical (unpaired) electrons. The fourth-order valence-corrected chi connectivity index (χ4v) is 8.88. The Morgan fingerprint density at radius 1 is 0.514 bits per heavy atom. The van der Waals surface area contributed by atoms with E-state index in [2.05, 4.69) is 67.8 Å². The molecule has 0 bridgehead atoms. The molecule has 418 valence electrons. The fraction of sp³-hybridized carbons (Fsp3) is 0.803. The van der Waals surface area contributed by atoms with Gasteiger partial charge in [0.05, 0.1) is 32.0 Å². The van der Waals surface area contributed by atoms with Crippen molar-refractivity contribution in [3.05, 3.63) is 60.8 Å². The van der Waals surface area contributed by atoms with Gasteiger partial charge in [-0.1, -0.05) is 229 Å². The molecule has 0 aromatic heterocycles. The molecule has 11 heteroatoms. The lowest BCUT2D eigenvalue weighted by Crippen LogP contribution is -2.60. The lowest BCUT2D eigenvalue weighted by atomic mass is 9.99. The van der Waals surface area contributed by atoms with Gasteiger partial charge in [-0.2, -0.15) is 0 Å². The van der Waals surface area contributed by atoms with Crippen LogP contribution in [0.4, 0.5) is 0 Å². The van der Waals surface area contributed by atoms with Gasteiger partial charge in [0.15, 0.2) is 6.29 Å². The summed E-state index contributed by atoms with van der Waals surface area (Å²) in [4.78, 5) is 25.0. The maximum absolute atomic E-state index is 13.0. The van der Waals surface area contributed by atoms with Crippen LogP contribution in [0.15, 0.2) is 60.8 Å². The van der Waals surface area contributed by atoms with Gasteiger partial charge in [-0.3, -0.25) is 9.59 Å². The Labute approximate surface area is 439 Å². The zero-order valence-electron chi connectivity index (χ0n) is 45.9. The number of esters is 1. The van der Waals surface area contributed by atoms with Crippen LogP contribution in [0.3, 0.4) is 0 Å². The second kappa shape index (κ2) is 50.5. The van der Waals surface area contributed by atoms with E-state index < -0.39 is 49.5 Å². The number of aliphatic hydroxyl groups excluding tert-OH is 5. The second-order valence-electron chi connectivity index (χ2n) is 20.3. The fourth-order valence-electron chi connectivity index (χ4n) is 8.88. The maximum Gasteiger partial charge on any atom is 0.305 e. The Hall–Kier alpha value is -2.64. The molecule has 0 aromatic carbocycles. The van der Waals surface area contributed by atoms with Crippen LogP contribution in [-0.2, 0) is 23.8 Å². The number of rotatable bonds is 50. The van der Waals surface area contributed by atoms with E-state index in [9.17, 15) is 35.1 Å². The molecule has 1 saturated heterocycles. The minimum atomic E-state index is -1.58. The van der Waals surface area contributed by atoms with E-state index in [-0.39, 0.29) is 18.5 Å². The number of aliphatic hydroxyl groups is 5. The third kappa shape index (κ3) is 39.8. The highest BCUT2D eigenvalue weighted by molar-refractivity contribution is 5.76. The van der Waals surface area contributed by atoms with E-state index in [1.54, 1.807) is 6.08 Å². The van der Waals surface area contributed by atoms with Crippen LogP contribution in [0.25, 0.3) is 0 Å². The van der Waals surface area contributed by atoms with Crippen LogP contribution >= 0.6 is 0 Å². The predicted molar refractivity (Wildman–Crippen MR) is 296 cm³/mol. The van der Waals surface area contributed by atoms with Crippen LogP contribution in [0.2, 0.25) is 0 Å². The Bertz CT molecular complexity index is 1380. The van der Waals surface area contributed by atoms with E-state index >= 15 is 0 Å². The van der Waals surface area contributed by atoms with Gasteiger partial charge in [0, 0.05) is 12.8 Å². The molecule has 72 heavy (non-hydrogen) atoms. The van der Waals surface area contributed by atoms with Crippen molar-refractivity contribution in [3.63, 3.8) is 0 Å². The molecular formula is C61H109NO10. The lowest BCUT2D eigenvalue weighted by Gasteiger charge is -2.40. The number of allylic oxidation sites excluding steroid dienone is 8. The molecule has 1 rings (SSSR count). The zero-order chi connectivity index (χ0) is 52.4. The number of nitrogens with one attached hydrogen (secondary N) is 1. The normalized spacial score (nSPS) is 19.5. The second-order valence-corrected chi connectivity index (χ2v) is 20.3. The number of hydrogen-bond acceptors (Lipinski definition) is 10. The molecule has 1 amide bonds. The number of carbonyl (C=O) groups is 2. The van der Waals surface area contributed by atoms with Crippen molar-refractivity contribution < 1.29 is 49.3 Å². The number of carbonyl (C=O) groups excluding carboxylic acids is 2. The van der Waals surface area contributed by atoms with Crippen molar-refractivity contribution in [1.29, 1.82) is 0 Å². The first kappa shape index (κ1) is 67.4. The van der Waals surface area contributed by atoms with Crippen LogP contribution in [-0.4, -0.2) is 100 Å². The largest absolute Gasteiger partial charge is 0.465 e. The van der Waals surface area contributed by atoms with Crippen molar-refractivity contribution >= 4 is 11.9 Å². The first-order valence-electron chi connectivity index (χ1n) is 29.6. The number of unbranched alkanes of at least 4 members (excludes halogenated alkanes) is 28. The molecule has 0 spiro atoms. The summed E-state index contributed by atoms with van der Waals surface area (Å²) in [5.41, 5.74) is 0. The molecule has 0 aromatic rings. The average Bonchev–Trinajstić information content (AvgIpc) is 3.38. The molecule has 1 heterocycles. The van der Waals surface area contributed by atoms with Gasteiger partial charge in [-0.25, -0.2) is 0 Å². The highest BCUT2D eigenvalue weighted by atomic mass is 16.7. The van der Waals surface area contributed by atoms with E-state index in [0.29, 0.717) is 19.4 Å². The van der Waals surface area contributed by atoms with Gasteiger partial charge in [0.2, 0.25) is 5.91 Å². The van der Waals surface area contributed by atoms with Gasteiger partial charge in [0.25, 0.3) is 0 Å². The predicted octanol–water partition coefficient (Wildman–Crippen LogP) is 13.4. The third-order valence-corrected chi connectivity index (χ3v) is 13.6. The first-order chi connectivity index (χ1) is 35.2. The Morgan fingerprint density at radius 2 is 0.958 bits per heavy atom. The summed E-state index contributed by atoms with van der Waals surface area (Å²) in [6.45, 7) is 4.15. The Morgan fingerprint density at radius 3 is 1.50 bits per heavy atom. The molecule has 0 aliphatic carbocycles. The molecule has 0 saturated carbocycles. The molecule has 6 N–H and O–H groups in total. The summed E-state index contributed by atoms with van der Waals surface area (Å²) < 4.78 is 16.6. The topological polar surface area (TPSA) is 175 Å². The first-order valence-corrected chi connectivity index (χ1v) is 29.6. The molecule has 1 aliphatic rings. The van der Waals surface area contributed by atoms with E-state index in [1.165, 1.54) is 135 Å². The molecule has 11 nitrogen and oxygen atoms in total. The molecule has 1 fully saturated rings. The van der Waals surface area contributed by atoms with Gasteiger partial charge in [-0.15, -0.1) is 0 Å². The smallest absolute Gasteiger partial charge is 0.305 e. The maximum atomic E-state index is 13.0. The van der Waals surface area contributed by atoms with Crippen LogP contribution < -0.4 is 5.32 Å². The average molecular weight is 1020 g/mol. The van der Waals surface area contributed by atoms with Crippen molar-refractivity contribution in [1.82, 2.24) is 5.32 Å². The molecule has 7 atom stereocenters. The Kier molecular flexibility index (Phi) is 47.3. The lowest BCUT2D eigenvalue weighted by molar-refractivity contribution is -0.302. The summed E-state index contributed by atoms with van der Waals surface area (Å²) in [6, 6.07) is -0.839. The number of ether oxygens (including phenoxy) is 3. The monoisotopic (exact) mass is 1020 g/mol. The Balaban J connectivity index is 2.11. The molecule has 7 unspecified atom stereocenters. The summed E-state index contributed by atoms with van der Waals surface area (Å²) >= 11 is 0. The third-order valence-electron chi connectivity index (χ3n) is 13.6. The van der Waals surface area contributed by atoms with Crippen molar-refractivity contribution in [2.45, 2.75) is 294 Å². The number of hydrogen-bond donors (Lipinski definition) is 6. The highest BCUT2D eigenvalue weighted by Gasteiger charge is 2.44. The zero-order valence-corrected chi connectivity index (χ0v) is 45.9. The molecule has 1 aliphatic heterocycles. The highest BCUT2D eigenvalue weighted by Crippen LogP contribution is 2.23. The van der Waals surface area contributed by atoms with Crippen LogP contribution in [0, 0.1) is 0 Å². The summed E-state index contributed by atoms with van der Waals surface area (Å²) in [6.07, 6.45) is 54.7. The van der Waals surface area contributed by atoms with Crippen molar-refractivity contribution in [2.75, 3.05) is 19.8 Å². The van der Waals surface area contributed by atoms with Gasteiger partial charge < -0.3 is 45.1 Å². The van der Waals surface area contributed by atoms with Crippen molar-refractivity contribution in [3.8, 4) is 0 Å². The van der Waals surface area contributed by atoms with E-state index in [1.807, 2.05) is 6.08 Å². The summed E-state index contributed by atoms with van der Waals surface area (Å²) in [5.74, 6) is -0.254. The summed E-state index contributed by atoms with van der Waals surface area (Å²) in [7, 11) is 0. The SMILES string of the molecule is CCCC/C=C/CC/C=C/CC/C=C/C(O)C(COC1OC(CO)C(O)C(O)C1O)NC(=O)CCCCCCCCCCCCCCCC/C=C\C/C=C\CCOC(=O)CCCCCCCCCCCCC. The van der Waals surface area contributed by atoms with Crippen molar-refractivity contribution in [2.24, 2.45) is 0 Å². The van der Waals surface area contributed by atoms with Crippen LogP contribution in [0.5, 0.6) is 0 Å². The van der Waals surface area contributed by atoms with Gasteiger partial charge >= 0.3 is 5.97 Å². The minimum absolute atomic E-state index is 0.0503. The minimum Gasteiger partial charge on any atom is -0.465 e. The van der Waals surface area contributed by atoms with Crippen LogP contribution in [0.1, 0.15) is 251 Å². The quantitative estimate of drug-likeness (QED) is 0.0195. The number of amides is 1. The standard InChI is InChI=1S/C61H109NO10/c1-3-5-7-9-11-13-15-28-31-35-39-43-47-54(64)53(52-71-61-60(69)59(68)58(67)55(51-63)72-61)62-56(65)48-44-40-36-32-29-25-23-21-19-17-16-18-20-22-24-26-30-34-38-42-46-50-70-57(66)49-45-41-37-33-27-14-12-10-8-6-4-2/h9,11,26,28,30-31,38,42-43,47,53-55,58-61,63-64,67-69H,3-8,10,12-25,27,29,32-37,39-41,44-46,48-52H2,1-2H3,(H,62,65)/b11-9+,30-26-,31-28+,42-38-,47-43+. The van der Waals surface area contributed by atoms with Gasteiger partial charge in [-0.05, 0) is 70.6 Å².